The van der Waals surface area contributed by atoms with Crippen molar-refractivity contribution in [3.63, 3.8) is 0 Å². The van der Waals surface area contributed by atoms with Gasteiger partial charge in [-0.15, -0.1) is 0 Å². The van der Waals surface area contributed by atoms with Gasteiger partial charge in [-0.1, -0.05) is 46.0 Å². The maximum Gasteiger partial charge on any atom is 0.0467 e. The van der Waals surface area contributed by atoms with E-state index in [1.165, 1.54) is 44.9 Å². The molecule has 1 saturated carbocycles. The number of hydrogen-bond donors (Lipinski definition) is 1. The first-order valence-electron chi connectivity index (χ1n) is 7.36. The van der Waals surface area contributed by atoms with Crippen LogP contribution in [0.5, 0.6) is 0 Å². The Kier molecular flexibility index (Phi) is 7.14. The fourth-order valence-electron chi connectivity index (χ4n) is 2.55. The van der Waals surface area contributed by atoms with Gasteiger partial charge in [-0.3, -0.25) is 0 Å². The summed E-state index contributed by atoms with van der Waals surface area (Å²) >= 11 is 0. The van der Waals surface area contributed by atoms with Crippen molar-refractivity contribution in [3.8, 4) is 0 Å². The van der Waals surface area contributed by atoms with Crippen molar-refractivity contribution >= 4 is 0 Å². The minimum Gasteiger partial charge on any atom is -0.385 e. The molecule has 17 heavy (non-hydrogen) atoms. The van der Waals surface area contributed by atoms with Gasteiger partial charge in [0.2, 0.25) is 0 Å². The molecule has 0 spiro atoms. The Balaban J connectivity index is 2.22. The number of methoxy groups -OCH3 is 1. The second kappa shape index (κ2) is 8.10. The van der Waals surface area contributed by atoms with Crippen LogP contribution in [0.25, 0.3) is 0 Å². The molecular weight excluding hydrogens is 210 g/mol. The highest BCUT2D eigenvalue weighted by Gasteiger charge is 2.19. The van der Waals surface area contributed by atoms with Crippen LogP contribution in [0, 0.1) is 5.41 Å². The summed E-state index contributed by atoms with van der Waals surface area (Å²) in [6.45, 7) is 6.67. The molecule has 0 radical (unpaired) electrons. The van der Waals surface area contributed by atoms with Crippen molar-refractivity contribution in [2.45, 2.75) is 71.3 Å². The molecule has 102 valence electrons. The molecule has 0 aromatic heterocycles. The Labute approximate surface area is 108 Å². The summed E-state index contributed by atoms with van der Waals surface area (Å²) in [4.78, 5) is 0. The van der Waals surface area contributed by atoms with E-state index in [0.29, 0.717) is 5.41 Å². The highest BCUT2D eigenvalue weighted by Crippen LogP contribution is 2.21. The van der Waals surface area contributed by atoms with Crippen LogP contribution < -0.4 is 5.32 Å². The number of ether oxygens (including phenoxy) is 1. The van der Waals surface area contributed by atoms with Crippen molar-refractivity contribution in [2.75, 3.05) is 20.3 Å². The first-order chi connectivity index (χ1) is 8.14. The van der Waals surface area contributed by atoms with Crippen LogP contribution in [-0.4, -0.2) is 26.3 Å². The van der Waals surface area contributed by atoms with E-state index in [-0.39, 0.29) is 0 Å². The largest absolute Gasteiger partial charge is 0.385 e. The maximum absolute atomic E-state index is 5.18. The molecule has 0 bridgehead atoms. The molecule has 0 aliphatic heterocycles. The van der Waals surface area contributed by atoms with E-state index in [9.17, 15) is 0 Å². The van der Waals surface area contributed by atoms with Gasteiger partial charge in [0.05, 0.1) is 0 Å². The minimum atomic E-state index is 0.360. The molecule has 1 aliphatic rings. The smallest absolute Gasteiger partial charge is 0.0467 e. The van der Waals surface area contributed by atoms with Crippen LogP contribution in [0.3, 0.4) is 0 Å². The summed E-state index contributed by atoms with van der Waals surface area (Å²) < 4.78 is 5.18. The Morgan fingerprint density at radius 1 is 1.06 bits per heavy atom. The molecule has 0 atom stereocenters. The summed E-state index contributed by atoms with van der Waals surface area (Å²) in [5.74, 6) is 0. The standard InChI is InChI=1S/C15H31NO/c1-15(2,11-12-17-3)13-16-14-9-7-5-4-6-8-10-14/h14,16H,4-13H2,1-3H3. The van der Waals surface area contributed by atoms with Gasteiger partial charge < -0.3 is 10.1 Å². The van der Waals surface area contributed by atoms with E-state index in [4.69, 9.17) is 4.74 Å². The quantitative estimate of drug-likeness (QED) is 0.764. The molecule has 1 rings (SSSR count). The molecule has 0 amide bonds. The average Bonchev–Trinajstić information content (AvgIpc) is 2.25. The van der Waals surface area contributed by atoms with Crippen molar-refractivity contribution in [3.05, 3.63) is 0 Å². The first kappa shape index (κ1) is 15.0. The average molecular weight is 241 g/mol. The second-order valence-electron chi connectivity index (χ2n) is 6.33. The summed E-state index contributed by atoms with van der Waals surface area (Å²) in [6.07, 6.45) is 11.0. The Hall–Kier alpha value is -0.0800. The van der Waals surface area contributed by atoms with Crippen LogP contribution in [0.2, 0.25) is 0 Å². The van der Waals surface area contributed by atoms with Gasteiger partial charge in [0.1, 0.15) is 0 Å². The van der Waals surface area contributed by atoms with Gasteiger partial charge >= 0.3 is 0 Å². The lowest BCUT2D eigenvalue weighted by molar-refractivity contribution is 0.148. The van der Waals surface area contributed by atoms with E-state index in [1.54, 1.807) is 7.11 Å². The third kappa shape index (κ3) is 7.05. The zero-order valence-corrected chi connectivity index (χ0v) is 12.1. The molecule has 0 saturated heterocycles. The molecule has 0 aromatic rings. The molecular formula is C15H31NO. The van der Waals surface area contributed by atoms with Crippen molar-refractivity contribution in [1.82, 2.24) is 5.32 Å². The van der Waals surface area contributed by atoms with E-state index < -0.39 is 0 Å². The van der Waals surface area contributed by atoms with Crippen molar-refractivity contribution in [2.24, 2.45) is 5.41 Å². The third-order valence-electron chi connectivity index (χ3n) is 3.96. The van der Waals surface area contributed by atoms with Crippen LogP contribution in [0.4, 0.5) is 0 Å². The zero-order chi connectivity index (χ0) is 12.6. The lowest BCUT2D eigenvalue weighted by atomic mass is 9.88. The Morgan fingerprint density at radius 2 is 1.65 bits per heavy atom. The number of rotatable bonds is 6. The highest BCUT2D eigenvalue weighted by atomic mass is 16.5. The molecule has 0 heterocycles. The van der Waals surface area contributed by atoms with Gasteiger partial charge in [0.25, 0.3) is 0 Å². The zero-order valence-electron chi connectivity index (χ0n) is 12.1. The van der Waals surface area contributed by atoms with E-state index in [0.717, 1.165) is 25.6 Å². The van der Waals surface area contributed by atoms with Crippen LogP contribution in [0.15, 0.2) is 0 Å². The molecule has 1 aliphatic carbocycles. The van der Waals surface area contributed by atoms with Crippen molar-refractivity contribution in [1.29, 1.82) is 0 Å². The van der Waals surface area contributed by atoms with E-state index >= 15 is 0 Å². The summed E-state index contributed by atoms with van der Waals surface area (Å²) in [6, 6.07) is 0.761. The molecule has 0 unspecified atom stereocenters. The lowest BCUT2D eigenvalue weighted by Gasteiger charge is -2.29. The van der Waals surface area contributed by atoms with Crippen LogP contribution in [-0.2, 0) is 4.74 Å². The molecule has 1 N–H and O–H groups in total. The van der Waals surface area contributed by atoms with Gasteiger partial charge in [0.15, 0.2) is 0 Å². The van der Waals surface area contributed by atoms with Gasteiger partial charge in [-0.2, -0.15) is 0 Å². The summed E-state index contributed by atoms with van der Waals surface area (Å²) in [5, 5.41) is 3.78. The SMILES string of the molecule is COCCC(C)(C)CNC1CCCCCCC1. The second-order valence-corrected chi connectivity index (χ2v) is 6.33. The van der Waals surface area contributed by atoms with Gasteiger partial charge in [-0.05, 0) is 24.7 Å². The fourth-order valence-corrected chi connectivity index (χ4v) is 2.55. The van der Waals surface area contributed by atoms with E-state index in [2.05, 4.69) is 19.2 Å². The fraction of sp³-hybridized carbons (Fsp3) is 1.00. The minimum absolute atomic E-state index is 0.360. The summed E-state index contributed by atoms with van der Waals surface area (Å²) in [5.41, 5.74) is 0.360. The monoisotopic (exact) mass is 241 g/mol. The first-order valence-corrected chi connectivity index (χ1v) is 7.36. The number of hydrogen-bond acceptors (Lipinski definition) is 2. The molecule has 1 fully saturated rings. The summed E-state index contributed by atoms with van der Waals surface area (Å²) in [7, 11) is 1.79. The Morgan fingerprint density at radius 3 is 2.24 bits per heavy atom. The topological polar surface area (TPSA) is 21.3 Å². The van der Waals surface area contributed by atoms with Gasteiger partial charge in [-0.25, -0.2) is 0 Å². The normalized spacial score (nSPS) is 19.9. The predicted octanol–water partition coefficient (Wildman–Crippen LogP) is 3.75. The maximum atomic E-state index is 5.18. The molecule has 0 aromatic carbocycles. The van der Waals surface area contributed by atoms with Crippen LogP contribution >= 0.6 is 0 Å². The molecule has 2 nitrogen and oxygen atoms in total. The highest BCUT2D eigenvalue weighted by molar-refractivity contribution is 4.76. The van der Waals surface area contributed by atoms with Crippen LogP contribution in [0.1, 0.15) is 65.2 Å². The van der Waals surface area contributed by atoms with E-state index in [1.807, 2.05) is 0 Å². The van der Waals surface area contributed by atoms with Gasteiger partial charge in [0, 0.05) is 26.3 Å². The van der Waals surface area contributed by atoms with Crippen molar-refractivity contribution < 1.29 is 4.74 Å². The third-order valence-corrected chi connectivity index (χ3v) is 3.96. The predicted molar refractivity (Wildman–Crippen MR) is 74.4 cm³/mol. The number of nitrogens with one attached hydrogen (secondary N) is 1. The molecule has 2 heteroatoms. The Bertz CT molecular complexity index is 183. The lowest BCUT2D eigenvalue weighted by Crippen LogP contribution is -2.38.